The number of rotatable bonds is 3. The van der Waals surface area contributed by atoms with E-state index in [0.717, 1.165) is 43.5 Å². The fourth-order valence-electron chi connectivity index (χ4n) is 2.29. The van der Waals surface area contributed by atoms with Crippen molar-refractivity contribution in [3.8, 4) is 6.07 Å². The molecule has 3 rings (SSSR count). The maximum atomic E-state index is 9.05. The lowest BCUT2D eigenvalue weighted by molar-refractivity contribution is 0.122. The van der Waals surface area contributed by atoms with Gasteiger partial charge in [0.2, 0.25) is 0 Å². The third-order valence-corrected chi connectivity index (χ3v) is 3.46. The third-order valence-electron chi connectivity index (χ3n) is 3.46. The van der Waals surface area contributed by atoms with E-state index in [9.17, 15) is 0 Å². The Morgan fingerprint density at radius 1 is 1.23 bits per heavy atom. The number of nitrogens with one attached hydrogen (secondary N) is 1. The Morgan fingerprint density at radius 2 is 2.00 bits per heavy atom. The van der Waals surface area contributed by atoms with Gasteiger partial charge in [0.1, 0.15) is 11.9 Å². The summed E-state index contributed by atoms with van der Waals surface area (Å²) >= 11 is 0. The first-order valence-corrected chi connectivity index (χ1v) is 7.06. The van der Waals surface area contributed by atoms with E-state index in [1.165, 1.54) is 6.20 Å². The monoisotopic (exact) mass is 296 g/mol. The van der Waals surface area contributed by atoms with Crippen LogP contribution in [0.1, 0.15) is 11.4 Å². The molecule has 1 N–H and O–H groups in total. The van der Waals surface area contributed by atoms with Crippen LogP contribution < -0.4 is 10.2 Å². The van der Waals surface area contributed by atoms with Crippen LogP contribution in [0.3, 0.4) is 0 Å². The predicted molar refractivity (Wildman–Crippen MR) is 82.0 cm³/mol. The summed E-state index contributed by atoms with van der Waals surface area (Å²) in [4.78, 5) is 15.0. The summed E-state index contributed by atoms with van der Waals surface area (Å²) in [5.41, 5.74) is 1.92. The van der Waals surface area contributed by atoms with Crippen molar-refractivity contribution in [1.82, 2.24) is 15.0 Å². The molecule has 1 aliphatic rings. The summed E-state index contributed by atoms with van der Waals surface area (Å²) in [7, 11) is 0. The zero-order valence-corrected chi connectivity index (χ0v) is 12.3. The molecule has 22 heavy (non-hydrogen) atoms. The highest BCUT2D eigenvalue weighted by Gasteiger charge is 2.14. The van der Waals surface area contributed by atoms with E-state index in [1.54, 1.807) is 6.20 Å². The molecule has 0 aliphatic carbocycles. The highest BCUT2D eigenvalue weighted by molar-refractivity contribution is 5.64. The molecule has 7 nitrogen and oxygen atoms in total. The number of hydrogen-bond donors (Lipinski definition) is 1. The maximum Gasteiger partial charge on any atom is 0.183 e. The van der Waals surface area contributed by atoms with Gasteiger partial charge in [-0.05, 0) is 19.1 Å². The Hall–Kier alpha value is -2.72. The SMILES string of the molecule is Cc1nc(N2CCOCC2)ccc1Nc1nccnc1C#N. The zero-order valence-electron chi connectivity index (χ0n) is 12.3. The van der Waals surface area contributed by atoms with Crippen LogP contribution >= 0.6 is 0 Å². The molecule has 1 aliphatic heterocycles. The lowest BCUT2D eigenvalue weighted by Gasteiger charge is -2.28. The second kappa shape index (κ2) is 6.37. The number of nitrogens with zero attached hydrogens (tertiary/aromatic N) is 5. The van der Waals surface area contributed by atoms with Gasteiger partial charge in [0.05, 0.1) is 24.6 Å². The molecule has 2 aromatic rings. The molecule has 0 saturated carbocycles. The smallest absolute Gasteiger partial charge is 0.183 e. The van der Waals surface area contributed by atoms with Gasteiger partial charge < -0.3 is 15.0 Å². The van der Waals surface area contributed by atoms with E-state index in [2.05, 4.69) is 25.2 Å². The van der Waals surface area contributed by atoms with Gasteiger partial charge in [-0.3, -0.25) is 0 Å². The van der Waals surface area contributed by atoms with Gasteiger partial charge in [-0.25, -0.2) is 15.0 Å². The largest absolute Gasteiger partial charge is 0.378 e. The highest BCUT2D eigenvalue weighted by atomic mass is 16.5. The Balaban J connectivity index is 1.82. The summed E-state index contributed by atoms with van der Waals surface area (Å²) in [6.45, 7) is 5.08. The van der Waals surface area contributed by atoms with E-state index in [0.29, 0.717) is 5.82 Å². The van der Waals surface area contributed by atoms with Crippen LogP contribution in [-0.2, 0) is 4.74 Å². The van der Waals surface area contributed by atoms with Crippen molar-refractivity contribution in [3.05, 3.63) is 35.9 Å². The van der Waals surface area contributed by atoms with Crippen LogP contribution in [0.4, 0.5) is 17.3 Å². The summed E-state index contributed by atoms with van der Waals surface area (Å²) < 4.78 is 5.35. The van der Waals surface area contributed by atoms with Crippen LogP contribution in [0, 0.1) is 18.3 Å². The van der Waals surface area contributed by atoms with Gasteiger partial charge in [0.15, 0.2) is 11.5 Å². The molecule has 2 aromatic heterocycles. The number of ether oxygens (including phenoxy) is 1. The Labute approximate surface area is 128 Å². The van der Waals surface area contributed by atoms with E-state index >= 15 is 0 Å². The van der Waals surface area contributed by atoms with Gasteiger partial charge in [0, 0.05) is 25.5 Å². The minimum absolute atomic E-state index is 0.263. The first kappa shape index (κ1) is 14.2. The standard InChI is InChI=1S/C15H16N6O/c1-11-12(20-15-13(10-16)17-4-5-18-15)2-3-14(19-11)21-6-8-22-9-7-21/h2-5H,6-9H2,1H3,(H,18,20). The van der Waals surface area contributed by atoms with Crippen LogP contribution in [0.2, 0.25) is 0 Å². The van der Waals surface area contributed by atoms with E-state index < -0.39 is 0 Å². The molecule has 0 spiro atoms. The number of anilines is 3. The Kier molecular flexibility index (Phi) is 4.12. The maximum absolute atomic E-state index is 9.05. The minimum atomic E-state index is 0.263. The molecule has 112 valence electrons. The van der Waals surface area contributed by atoms with Crippen molar-refractivity contribution in [2.45, 2.75) is 6.92 Å². The Bertz CT molecular complexity index is 705. The fourth-order valence-corrected chi connectivity index (χ4v) is 2.29. The summed E-state index contributed by atoms with van der Waals surface area (Å²) in [6.07, 6.45) is 3.05. The molecule has 0 radical (unpaired) electrons. The summed E-state index contributed by atoms with van der Waals surface area (Å²) in [5, 5.41) is 12.2. The van der Waals surface area contributed by atoms with Gasteiger partial charge in [-0.1, -0.05) is 0 Å². The van der Waals surface area contributed by atoms with Crippen molar-refractivity contribution >= 4 is 17.3 Å². The highest BCUT2D eigenvalue weighted by Crippen LogP contribution is 2.23. The quantitative estimate of drug-likeness (QED) is 0.921. The van der Waals surface area contributed by atoms with Crippen molar-refractivity contribution in [3.63, 3.8) is 0 Å². The number of aromatic nitrogens is 3. The van der Waals surface area contributed by atoms with E-state index in [-0.39, 0.29) is 5.69 Å². The number of nitriles is 1. The molecule has 0 aromatic carbocycles. The molecule has 0 unspecified atom stereocenters. The first-order valence-electron chi connectivity index (χ1n) is 7.06. The van der Waals surface area contributed by atoms with Gasteiger partial charge in [-0.15, -0.1) is 0 Å². The second-order valence-corrected chi connectivity index (χ2v) is 4.89. The van der Waals surface area contributed by atoms with Gasteiger partial charge in [-0.2, -0.15) is 5.26 Å². The Morgan fingerprint density at radius 3 is 2.73 bits per heavy atom. The second-order valence-electron chi connectivity index (χ2n) is 4.89. The number of morpholine rings is 1. The normalized spacial score (nSPS) is 14.5. The van der Waals surface area contributed by atoms with E-state index in [4.69, 9.17) is 10.00 Å². The summed E-state index contributed by atoms with van der Waals surface area (Å²) in [5.74, 6) is 1.38. The van der Waals surface area contributed by atoms with E-state index in [1.807, 2.05) is 25.1 Å². The summed E-state index contributed by atoms with van der Waals surface area (Å²) in [6, 6.07) is 5.93. The molecular formula is C15H16N6O. The number of aryl methyl sites for hydroxylation is 1. The predicted octanol–water partition coefficient (Wildman–Crippen LogP) is 1.63. The van der Waals surface area contributed by atoms with Crippen LogP contribution in [-0.4, -0.2) is 41.3 Å². The topological polar surface area (TPSA) is 87.0 Å². The third kappa shape index (κ3) is 2.97. The van der Waals surface area contributed by atoms with Crippen molar-refractivity contribution in [1.29, 1.82) is 5.26 Å². The van der Waals surface area contributed by atoms with Crippen molar-refractivity contribution in [2.24, 2.45) is 0 Å². The molecular weight excluding hydrogens is 280 g/mol. The van der Waals surface area contributed by atoms with Crippen LogP contribution in [0.15, 0.2) is 24.5 Å². The molecule has 3 heterocycles. The molecule has 1 saturated heterocycles. The number of hydrogen-bond acceptors (Lipinski definition) is 7. The lowest BCUT2D eigenvalue weighted by Crippen LogP contribution is -2.36. The molecule has 0 atom stereocenters. The van der Waals surface area contributed by atoms with Crippen LogP contribution in [0.5, 0.6) is 0 Å². The van der Waals surface area contributed by atoms with Crippen molar-refractivity contribution < 1.29 is 4.74 Å². The van der Waals surface area contributed by atoms with Gasteiger partial charge >= 0.3 is 0 Å². The molecule has 1 fully saturated rings. The van der Waals surface area contributed by atoms with Gasteiger partial charge in [0.25, 0.3) is 0 Å². The molecule has 0 amide bonds. The molecule has 7 heteroatoms. The average Bonchev–Trinajstić information content (AvgIpc) is 2.58. The van der Waals surface area contributed by atoms with Crippen molar-refractivity contribution in [2.75, 3.05) is 36.5 Å². The number of pyridine rings is 1. The molecule has 0 bridgehead atoms. The van der Waals surface area contributed by atoms with Crippen LogP contribution in [0.25, 0.3) is 0 Å². The minimum Gasteiger partial charge on any atom is -0.378 e. The lowest BCUT2D eigenvalue weighted by atomic mass is 10.2. The fraction of sp³-hybridized carbons (Fsp3) is 0.333. The zero-order chi connectivity index (χ0) is 15.4. The average molecular weight is 296 g/mol. The first-order chi connectivity index (χ1) is 10.8.